The molecule has 0 aliphatic heterocycles. The van der Waals surface area contributed by atoms with Crippen LogP contribution in [-0.2, 0) is 4.79 Å². The standard InChI is InChI=1S/C5H13NOSi/c1-3-4(8)5(7)6-2/h4H,3H2,1-2,8H3,(H,6,7). The van der Waals surface area contributed by atoms with E-state index in [0.717, 1.165) is 16.7 Å². The van der Waals surface area contributed by atoms with Gasteiger partial charge in [0.2, 0.25) is 5.91 Å². The Labute approximate surface area is 53.1 Å². The van der Waals surface area contributed by atoms with E-state index < -0.39 is 0 Å². The van der Waals surface area contributed by atoms with Gasteiger partial charge >= 0.3 is 0 Å². The van der Waals surface area contributed by atoms with Crippen molar-refractivity contribution in [1.29, 1.82) is 0 Å². The van der Waals surface area contributed by atoms with E-state index in [1.165, 1.54) is 0 Å². The Morgan fingerprint density at radius 1 is 1.88 bits per heavy atom. The number of rotatable bonds is 2. The lowest BCUT2D eigenvalue weighted by Gasteiger charge is -2.03. The van der Waals surface area contributed by atoms with Crippen LogP contribution in [0.3, 0.4) is 0 Å². The van der Waals surface area contributed by atoms with Gasteiger partial charge < -0.3 is 5.32 Å². The van der Waals surface area contributed by atoms with Crippen molar-refractivity contribution in [1.82, 2.24) is 5.32 Å². The highest BCUT2D eigenvalue weighted by molar-refractivity contribution is 6.23. The highest BCUT2D eigenvalue weighted by Gasteiger charge is 2.05. The Morgan fingerprint density at radius 3 is 2.50 bits per heavy atom. The first-order chi connectivity index (χ1) is 3.72. The summed E-state index contributed by atoms with van der Waals surface area (Å²) in [6, 6.07) is 0. The Kier molecular flexibility index (Phi) is 3.52. The van der Waals surface area contributed by atoms with Gasteiger partial charge in [0.1, 0.15) is 0 Å². The van der Waals surface area contributed by atoms with Gasteiger partial charge in [-0.15, -0.1) is 0 Å². The Hall–Kier alpha value is -0.313. The van der Waals surface area contributed by atoms with E-state index in [-0.39, 0.29) is 5.91 Å². The van der Waals surface area contributed by atoms with Crippen molar-refractivity contribution in [2.75, 3.05) is 7.05 Å². The minimum atomic E-state index is 0.194. The number of hydrogen-bond donors (Lipinski definition) is 1. The van der Waals surface area contributed by atoms with E-state index in [2.05, 4.69) is 5.32 Å². The molecule has 48 valence electrons. The van der Waals surface area contributed by atoms with Crippen LogP contribution in [0.25, 0.3) is 0 Å². The molecule has 0 aliphatic carbocycles. The fraction of sp³-hybridized carbons (Fsp3) is 0.800. The van der Waals surface area contributed by atoms with Crippen LogP contribution in [0.5, 0.6) is 0 Å². The molecule has 1 N–H and O–H groups in total. The molecule has 0 fully saturated rings. The maximum Gasteiger partial charge on any atom is 0.219 e. The summed E-state index contributed by atoms with van der Waals surface area (Å²) in [5.74, 6) is 0.194. The molecule has 0 aliphatic rings. The van der Waals surface area contributed by atoms with Crippen molar-refractivity contribution in [2.24, 2.45) is 0 Å². The van der Waals surface area contributed by atoms with Crippen LogP contribution in [-0.4, -0.2) is 23.2 Å². The molecule has 0 aromatic carbocycles. The predicted octanol–water partition coefficient (Wildman–Crippen LogP) is -0.704. The molecule has 1 amide bonds. The van der Waals surface area contributed by atoms with Gasteiger partial charge in [-0.25, -0.2) is 0 Å². The lowest BCUT2D eigenvalue weighted by atomic mass is 10.3. The number of carbonyl (C=O) groups excluding carboxylic acids is 1. The normalized spacial score (nSPS) is 13.2. The van der Waals surface area contributed by atoms with Crippen LogP contribution in [0.15, 0.2) is 0 Å². The smallest absolute Gasteiger partial charge is 0.219 e. The third kappa shape index (κ3) is 2.11. The van der Waals surface area contributed by atoms with Gasteiger partial charge in [0.05, 0.1) is 0 Å². The van der Waals surface area contributed by atoms with E-state index in [4.69, 9.17) is 0 Å². The highest BCUT2D eigenvalue weighted by Crippen LogP contribution is 2.01. The summed E-state index contributed by atoms with van der Waals surface area (Å²) >= 11 is 0. The monoisotopic (exact) mass is 131 g/mol. The second-order valence-electron chi connectivity index (χ2n) is 1.92. The molecule has 0 aromatic rings. The van der Waals surface area contributed by atoms with Crippen molar-refractivity contribution in [3.63, 3.8) is 0 Å². The third-order valence-electron chi connectivity index (χ3n) is 1.31. The SMILES string of the molecule is CCC([SiH3])C(=O)NC. The molecule has 0 saturated heterocycles. The molecule has 3 heteroatoms. The van der Waals surface area contributed by atoms with Crippen molar-refractivity contribution in [3.05, 3.63) is 0 Å². The Bertz CT molecular complexity index is 84.5. The average Bonchev–Trinajstić information content (AvgIpc) is 1.84. The van der Waals surface area contributed by atoms with Crippen LogP contribution in [0.1, 0.15) is 13.3 Å². The molecule has 1 unspecified atom stereocenters. The first kappa shape index (κ1) is 7.69. The molecule has 0 rings (SSSR count). The van der Waals surface area contributed by atoms with Crippen LogP contribution in [0.2, 0.25) is 5.54 Å². The number of hydrogen-bond acceptors (Lipinski definition) is 1. The zero-order valence-electron chi connectivity index (χ0n) is 5.69. The summed E-state index contributed by atoms with van der Waals surface area (Å²) < 4.78 is 0. The zero-order valence-corrected chi connectivity index (χ0v) is 7.69. The van der Waals surface area contributed by atoms with Gasteiger partial charge in [-0.05, 0) is 6.42 Å². The van der Waals surface area contributed by atoms with E-state index in [1.54, 1.807) is 7.05 Å². The largest absolute Gasteiger partial charge is 0.359 e. The molecule has 0 spiro atoms. The lowest BCUT2D eigenvalue weighted by Crippen LogP contribution is -2.22. The summed E-state index contributed by atoms with van der Waals surface area (Å²) in [5, 5.41) is 2.61. The summed E-state index contributed by atoms with van der Waals surface area (Å²) in [4.78, 5) is 10.7. The van der Waals surface area contributed by atoms with Crippen LogP contribution in [0, 0.1) is 0 Å². The predicted molar refractivity (Wildman–Crippen MR) is 38.0 cm³/mol. The summed E-state index contributed by atoms with van der Waals surface area (Å²) in [5.41, 5.74) is 0.306. The fourth-order valence-corrected chi connectivity index (χ4v) is 0.720. The Balaban J connectivity index is 3.46. The number of nitrogens with one attached hydrogen (secondary N) is 1. The number of carbonyl (C=O) groups is 1. The van der Waals surface area contributed by atoms with E-state index in [1.807, 2.05) is 6.92 Å². The van der Waals surface area contributed by atoms with Gasteiger partial charge in [-0.1, -0.05) is 6.92 Å². The lowest BCUT2D eigenvalue weighted by molar-refractivity contribution is -0.120. The van der Waals surface area contributed by atoms with Crippen LogP contribution < -0.4 is 5.32 Å². The van der Waals surface area contributed by atoms with Crippen molar-refractivity contribution < 1.29 is 4.79 Å². The maximum atomic E-state index is 10.7. The second kappa shape index (κ2) is 3.66. The second-order valence-corrected chi connectivity index (χ2v) is 3.32. The van der Waals surface area contributed by atoms with Crippen molar-refractivity contribution in [2.45, 2.75) is 18.9 Å². The highest BCUT2D eigenvalue weighted by atomic mass is 28.1. The Morgan fingerprint density at radius 2 is 2.38 bits per heavy atom. The molecule has 8 heavy (non-hydrogen) atoms. The summed E-state index contributed by atoms with van der Waals surface area (Å²) in [6.07, 6.45) is 0.978. The molecule has 2 nitrogen and oxygen atoms in total. The first-order valence-electron chi connectivity index (χ1n) is 2.94. The molecule has 0 radical (unpaired) electrons. The zero-order chi connectivity index (χ0) is 6.57. The van der Waals surface area contributed by atoms with Gasteiger partial charge in [0.25, 0.3) is 0 Å². The molecular weight excluding hydrogens is 118 g/mol. The molecule has 0 saturated carbocycles. The minimum Gasteiger partial charge on any atom is -0.359 e. The van der Waals surface area contributed by atoms with Gasteiger partial charge in [-0.2, -0.15) is 0 Å². The van der Waals surface area contributed by atoms with Crippen LogP contribution >= 0.6 is 0 Å². The van der Waals surface area contributed by atoms with Crippen molar-refractivity contribution >= 4 is 16.1 Å². The molecular formula is C5H13NOSi. The topological polar surface area (TPSA) is 29.1 Å². The van der Waals surface area contributed by atoms with Gasteiger partial charge in [-0.3, -0.25) is 4.79 Å². The molecule has 0 aromatic heterocycles. The fourth-order valence-electron chi connectivity index (χ4n) is 0.432. The molecule has 0 heterocycles. The maximum absolute atomic E-state index is 10.7. The molecule has 1 atom stereocenters. The van der Waals surface area contributed by atoms with Gasteiger partial charge in [0.15, 0.2) is 0 Å². The van der Waals surface area contributed by atoms with E-state index in [9.17, 15) is 4.79 Å². The van der Waals surface area contributed by atoms with E-state index >= 15 is 0 Å². The van der Waals surface area contributed by atoms with Crippen molar-refractivity contribution in [3.8, 4) is 0 Å². The van der Waals surface area contributed by atoms with Gasteiger partial charge in [0, 0.05) is 22.8 Å². The van der Waals surface area contributed by atoms with E-state index in [0.29, 0.717) is 5.54 Å². The first-order valence-corrected chi connectivity index (χ1v) is 4.09. The third-order valence-corrected chi connectivity index (χ3v) is 2.65. The van der Waals surface area contributed by atoms with Crippen LogP contribution in [0.4, 0.5) is 0 Å². The quantitative estimate of drug-likeness (QED) is 0.493. The summed E-state index contributed by atoms with van der Waals surface area (Å²) in [7, 11) is 2.65. The summed E-state index contributed by atoms with van der Waals surface area (Å²) in [6.45, 7) is 2.03. The average molecular weight is 131 g/mol. The molecule has 0 bridgehead atoms. The number of amides is 1. The minimum absolute atomic E-state index is 0.194.